The Balaban J connectivity index is 1.87. The van der Waals surface area contributed by atoms with Gasteiger partial charge in [-0.2, -0.15) is 4.31 Å². The minimum atomic E-state index is -3.86. The first-order valence-corrected chi connectivity index (χ1v) is 7.73. The fourth-order valence-electron chi connectivity index (χ4n) is 2.59. The summed E-state index contributed by atoms with van der Waals surface area (Å²) in [5.74, 6) is -0.754. The van der Waals surface area contributed by atoms with Gasteiger partial charge in [0.1, 0.15) is 10.7 Å². The first-order valence-electron chi connectivity index (χ1n) is 6.29. The predicted molar refractivity (Wildman–Crippen MR) is 69.1 cm³/mol. The molecule has 3 rings (SSSR count). The lowest BCUT2D eigenvalue weighted by Crippen LogP contribution is -2.53. The van der Waals surface area contributed by atoms with Gasteiger partial charge in [-0.3, -0.25) is 0 Å². The summed E-state index contributed by atoms with van der Waals surface area (Å²) < 4.78 is 39.8. The molecule has 20 heavy (non-hydrogen) atoms. The van der Waals surface area contributed by atoms with Gasteiger partial charge in [-0.05, 0) is 12.1 Å². The number of carbonyl (C=O) groups excluding carboxylic acids is 1. The highest BCUT2D eigenvalue weighted by Gasteiger charge is 2.40. The highest BCUT2D eigenvalue weighted by atomic mass is 32.2. The summed E-state index contributed by atoms with van der Waals surface area (Å²) in [6.07, 6.45) is 0. The van der Waals surface area contributed by atoms with Gasteiger partial charge in [0, 0.05) is 26.2 Å². The fourth-order valence-corrected chi connectivity index (χ4v) is 4.12. The van der Waals surface area contributed by atoms with Crippen molar-refractivity contribution in [1.82, 2.24) is 14.5 Å². The molecule has 0 aliphatic carbocycles. The zero-order chi connectivity index (χ0) is 14.3. The summed E-state index contributed by atoms with van der Waals surface area (Å²) in [6.45, 7) is 1.11. The zero-order valence-corrected chi connectivity index (χ0v) is 11.4. The number of sulfonamides is 1. The van der Waals surface area contributed by atoms with Crippen molar-refractivity contribution in [3.05, 3.63) is 30.1 Å². The van der Waals surface area contributed by atoms with Crippen molar-refractivity contribution in [2.45, 2.75) is 10.9 Å². The molecule has 0 bridgehead atoms. The van der Waals surface area contributed by atoms with Crippen molar-refractivity contribution in [2.24, 2.45) is 0 Å². The third kappa shape index (κ3) is 2.04. The van der Waals surface area contributed by atoms with Gasteiger partial charge in [0.05, 0.1) is 6.04 Å². The van der Waals surface area contributed by atoms with Gasteiger partial charge in [0.15, 0.2) is 0 Å². The molecule has 2 amide bonds. The van der Waals surface area contributed by atoms with Gasteiger partial charge in [0.2, 0.25) is 10.0 Å². The SMILES string of the molecule is O=C1NCC2CN(S(=O)(=O)c3ccccc3F)CCN12. The number of nitrogens with zero attached hydrogens (tertiary/aromatic N) is 2. The molecular weight excluding hydrogens is 285 g/mol. The Kier molecular flexibility index (Phi) is 3.14. The van der Waals surface area contributed by atoms with Crippen LogP contribution in [0.25, 0.3) is 0 Å². The quantitative estimate of drug-likeness (QED) is 0.849. The van der Waals surface area contributed by atoms with E-state index in [9.17, 15) is 17.6 Å². The third-order valence-electron chi connectivity index (χ3n) is 3.65. The number of rotatable bonds is 2. The molecule has 2 saturated heterocycles. The van der Waals surface area contributed by atoms with Gasteiger partial charge in [-0.25, -0.2) is 17.6 Å². The number of piperazine rings is 1. The van der Waals surface area contributed by atoms with Crippen LogP contribution in [0.4, 0.5) is 9.18 Å². The molecule has 1 unspecified atom stereocenters. The summed E-state index contributed by atoms with van der Waals surface area (Å²) in [7, 11) is -3.86. The van der Waals surface area contributed by atoms with Gasteiger partial charge in [-0.15, -0.1) is 0 Å². The Morgan fingerprint density at radius 1 is 1.25 bits per heavy atom. The van der Waals surface area contributed by atoms with E-state index in [1.165, 1.54) is 22.5 Å². The Bertz CT molecular complexity index is 649. The molecular formula is C12H14FN3O3S. The minimum Gasteiger partial charge on any atom is -0.336 e. The van der Waals surface area contributed by atoms with Crippen LogP contribution in [0.5, 0.6) is 0 Å². The van der Waals surface area contributed by atoms with Crippen molar-refractivity contribution in [3.8, 4) is 0 Å². The molecule has 2 heterocycles. The van der Waals surface area contributed by atoms with Gasteiger partial charge in [0.25, 0.3) is 0 Å². The number of halogens is 1. The van der Waals surface area contributed by atoms with E-state index in [-0.39, 0.29) is 30.1 Å². The summed E-state index contributed by atoms with van der Waals surface area (Å²) >= 11 is 0. The Hall–Kier alpha value is -1.67. The normalized spacial score (nSPS) is 23.6. The number of carbonyl (C=O) groups is 1. The van der Waals surface area contributed by atoms with E-state index >= 15 is 0 Å². The second kappa shape index (κ2) is 4.71. The fraction of sp³-hybridized carbons (Fsp3) is 0.417. The number of nitrogens with one attached hydrogen (secondary N) is 1. The highest BCUT2D eigenvalue weighted by molar-refractivity contribution is 7.89. The average Bonchev–Trinajstić information content (AvgIpc) is 2.80. The van der Waals surface area contributed by atoms with E-state index in [0.717, 1.165) is 6.07 Å². The van der Waals surface area contributed by atoms with Crippen molar-refractivity contribution < 1.29 is 17.6 Å². The highest BCUT2D eigenvalue weighted by Crippen LogP contribution is 2.23. The van der Waals surface area contributed by atoms with Gasteiger partial charge >= 0.3 is 6.03 Å². The van der Waals surface area contributed by atoms with Crippen LogP contribution in [0.15, 0.2) is 29.2 Å². The maximum atomic E-state index is 13.7. The number of fused-ring (bicyclic) bond motifs is 1. The van der Waals surface area contributed by atoms with E-state index in [1.807, 2.05) is 0 Å². The maximum absolute atomic E-state index is 13.7. The Morgan fingerprint density at radius 2 is 2.00 bits per heavy atom. The molecule has 2 fully saturated rings. The molecule has 2 aliphatic heterocycles. The van der Waals surface area contributed by atoms with E-state index < -0.39 is 15.8 Å². The van der Waals surface area contributed by atoms with E-state index in [2.05, 4.69) is 5.32 Å². The lowest BCUT2D eigenvalue weighted by Gasteiger charge is -2.35. The van der Waals surface area contributed by atoms with Crippen LogP contribution >= 0.6 is 0 Å². The van der Waals surface area contributed by atoms with Crippen LogP contribution in [0.2, 0.25) is 0 Å². The summed E-state index contributed by atoms with van der Waals surface area (Å²) in [6, 6.07) is 4.98. The lowest BCUT2D eigenvalue weighted by molar-refractivity contribution is 0.164. The summed E-state index contributed by atoms with van der Waals surface area (Å²) in [4.78, 5) is 12.8. The minimum absolute atomic E-state index is 0.169. The predicted octanol–water partition coefficient (Wildman–Crippen LogP) is 0.224. The summed E-state index contributed by atoms with van der Waals surface area (Å²) in [5.41, 5.74) is 0. The second-order valence-electron chi connectivity index (χ2n) is 4.83. The van der Waals surface area contributed by atoms with Crippen LogP contribution < -0.4 is 5.32 Å². The first kappa shape index (κ1) is 13.3. The molecule has 0 spiro atoms. The number of urea groups is 1. The van der Waals surface area contributed by atoms with Crippen LogP contribution in [-0.2, 0) is 10.0 Å². The van der Waals surface area contributed by atoms with E-state index in [4.69, 9.17) is 0 Å². The molecule has 6 nitrogen and oxygen atoms in total. The van der Waals surface area contributed by atoms with Crippen molar-refractivity contribution in [3.63, 3.8) is 0 Å². The number of hydrogen-bond acceptors (Lipinski definition) is 3. The lowest BCUT2D eigenvalue weighted by atomic mass is 10.2. The molecule has 2 aliphatic rings. The monoisotopic (exact) mass is 299 g/mol. The molecule has 8 heteroatoms. The maximum Gasteiger partial charge on any atom is 0.317 e. The van der Waals surface area contributed by atoms with Crippen LogP contribution in [0.3, 0.4) is 0 Å². The smallest absolute Gasteiger partial charge is 0.317 e. The Morgan fingerprint density at radius 3 is 2.75 bits per heavy atom. The van der Waals surface area contributed by atoms with Crippen molar-refractivity contribution in [1.29, 1.82) is 0 Å². The van der Waals surface area contributed by atoms with Gasteiger partial charge in [-0.1, -0.05) is 12.1 Å². The van der Waals surface area contributed by atoms with Gasteiger partial charge < -0.3 is 10.2 Å². The van der Waals surface area contributed by atoms with Crippen LogP contribution in [0.1, 0.15) is 0 Å². The second-order valence-corrected chi connectivity index (χ2v) is 6.73. The molecule has 0 radical (unpaired) electrons. The summed E-state index contributed by atoms with van der Waals surface area (Å²) in [5, 5.41) is 2.68. The van der Waals surface area contributed by atoms with Crippen LogP contribution in [-0.4, -0.2) is 55.9 Å². The van der Waals surface area contributed by atoms with Crippen molar-refractivity contribution in [2.75, 3.05) is 26.2 Å². The largest absolute Gasteiger partial charge is 0.336 e. The molecule has 0 aromatic heterocycles. The molecule has 0 saturated carbocycles. The standard InChI is InChI=1S/C12H14FN3O3S/c13-10-3-1-2-4-11(10)20(18,19)15-5-6-16-9(8-15)7-14-12(16)17/h1-4,9H,5-8H2,(H,14,17). The average molecular weight is 299 g/mol. The number of hydrogen-bond donors (Lipinski definition) is 1. The number of amides is 2. The molecule has 1 N–H and O–H groups in total. The molecule has 1 aromatic carbocycles. The first-order chi connectivity index (χ1) is 9.50. The van der Waals surface area contributed by atoms with Crippen LogP contribution in [0, 0.1) is 5.82 Å². The molecule has 1 aromatic rings. The zero-order valence-electron chi connectivity index (χ0n) is 10.6. The van der Waals surface area contributed by atoms with E-state index in [0.29, 0.717) is 13.1 Å². The number of benzene rings is 1. The van der Waals surface area contributed by atoms with E-state index in [1.54, 1.807) is 4.90 Å². The Labute approximate surface area is 116 Å². The third-order valence-corrected chi connectivity index (χ3v) is 5.55. The molecule has 1 atom stereocenters. The molecule has 108 valence electrons. The topological polar surface area (TPSA) is 69.7 Å². The van der Waals surface area contributed by atoms with Crippen molar-refractivity contribution >= 4 is 16.1 Å².